The summed E-state index contributed by atoms with van der Waals surface area (Å²) in [6.45, 7) is 3.93. The van der Waals surface area contributed by atoms with E-state index in [-0.39, 0.29) is 13.2 Å². The summed E-state index contributed by atoms with van der Waals surface area (Å²) in [4.78, 5) is 10.3. The van der Waals surface area contributed by atoms with E-state index < -0.39 is 5.97 Å². The van der Waals surface area contributed by atoms with E-state index in [0.717, 1.165) is 25.7 Å². The van der Waals surface area contributed by atoms with E-state index in [4.69, 9.17) is 14.3 Å². The van der Waals surface area contributed by atoms with Crippen molar-refractivity contribution < 1.29 is 19.1 Å². The number of carboxylic acids is 1. The van der Waals surface area contributed by atoms with Crippen LogP contribution >= 0.6 is 0 Å². The quantitative estimate of drug-likeness (QED) is 0.730. The lowest BCUT2D eigenvalue weighted by molar-refractivity contribution is -0.142. The van der Waals surface area contributed by atoms with Crippen LogP contribution in [-0.4, -0.2) is 27.9 Å². The van der Waals surface area contributed by atoms with Gasteiger partial charge in [0.1, 0.15) is 13.2 Å². The molecule has 1 rings (SSSR count). The summed E-state index contributed by atoms with van der Waals surface area (Å²) in [5.74, 6) is 0.251. The zero-order valence-electron chi connectivity index (χ0n) is 10.9. The predicted octanol–water partition coefficient (Wildman–Crippen LogP) is 2.35. The highest BCUT2D eigenvalue weighted by atomic mass is 16.5. The third-order valence-corrected chi connectivity index (χ3v) is 2.56. The summed E-state index contributed by atoms with van der Waals surface area (Å²) in [7, 11) is 0. The molecule has 0 unspecified atom stereocenters. The van der Waals surface area contributed by atoms with Gasteiger partial charge in [-0.3, -0.25) is 0 Å². The molecule has 0 radical (unpaired) electrons. The second-order valence-corrected chi connectivity index (χ2v) is 4.19. The van der Waals surface area contributed by atoms with Crippen LogP contribution in [0.3, 0.4) is 0 Å². The first-order chi connectivity index (χ1) is 8.67. The summed E-state index contributed by atoms with van der Waals surface area (Å²) >= 11 is 0. The van der Waals surface area contributed by atoms with E-state index in [2.05, 4.69) is 24.0 Å². The molecule has 0 fully saturated rings. The van der Waals surface area contributed by atoms with Gasteiger partial charge in [0.25, 0.3) is 0 Å². The van der Waals surface area contributed by atoms with Crippen molar-refractivity contribution in [2.75, 3.05) is 6.61 Å². The summed E-state index contributed by atoms with van der Waals surface area (Å²) in [6, 6.07) is 0. The van der Waals surface area contributed by atoms with Gasteiger partial charge in [-0.15, -0.1) is 10.2 Å². The first kappa shape index (κ1) is 14.6. The number of hydrogen-bond donors (Lipinski definition) is 1. The molecule has 102 valence electrons. The molecule has 0 aromatic carbocycles. The Morgan fingerprint density at radius 3 is 2.56 bits per heavy atom. The van der Waals surface area contributed by atoms with Crippen LogP contribution in [0.4, 0.5) is 0 Å². The van der Waals surface area contributed by atoms with Crippen molar-refractivity contribution in [3.05, 3.63) is 11.8 Å². The van der Waals surface area contributed by atoms with Gasteiger partial charge in [0, 0.05) is 5.92 Å². The normalized spacial score (nSPS) is 11.1. The molecule has 1 aromatic heterocycles. The molecule has 0 aliphatic carbocycles. The number of hydrogen-bond acceptors (Lipinski definition) is 5. The van der Waals surface area contributed by atoms with Gasteiger partial charge < -0.3 is 14.3 Å². The first-order valence-electron chi connectivity index (χ1n) is 6.29. The Morgan fingerprint density at radius 2 is 2.00 bits per heavy atom. The Hall–Kier alpha value is -1.43. The van der Waals surface area contributed by atoms with E-state index in [0.29, 0.717) is 17.7 Å². The van der Waals surface area contributed by atoms with Gasteiger partial charge in [0.2, 0.25) is 11.8 Å². The van der Waals surface area contributed by atoms with Crippen molar-refractivity contribution in [2.24, 2.45) is 0 Å². The lowest BCUT2D eigenvalue weighted by atomic mass is 9.98. The molecule has 1 aromatic rings. The molecule has 0 spiro atoms. The average Bonchev–Trinajstić information content (AvgIpc) is 2.77. The van der Waals surface area contributed by atoms with Gasteiger partial charge >= 0.3 is 5.97 Å². The minimum Gasteiger partial charge on any atom is -0.480 e. The number of aliphatic carboxylic acids is 1. The van der Waals surface area contributed by atoms with Crippen LogP contribution < -0.4 is 0 Å². The Morgan fingerprint density at radius 1 is 1.33 bits per heavy atom. The number of nitrogens with zero attached hydrogens (tertiary/aromatic N) is 2. The molecule has 6 nitrogen and oxygen atoms in total. The SMILES string of the molecule is CCCC(CCC)c1nnc(COCC(=O)O)o1. The van der Waals surface area contributed by atoms with Crippen molar-refractivity contribution in [3.8, 4) is 0 Å². The van der Waals surface area contributed by atoms with Crippen LogP contribution in [0.15, 0.2) is 4.42 Å². The van der Waals surface area contributed by atoms with E-state index in [1.165, 1.54) is 0 Å². The average molecular weight is 256 g/mol. The summed E-state index contributed by atoms with van der Waals surface area (Å²) in [5.41, 5.74) is 0. The largest absolute Gasteiger partial charge is 0.480 e. The predicted molar refractivity (Wildman–Crippen MR) is 64.1 cm³/mol. The first-order valence-corrected chi connectivity index (χ1v) is 6.29. The summed E-state index contributed by atoms with van der Waals surface area (Å²) in [6.07, 6.45) is 4.17. The molecule has 0 aliphatic rings. The highest BCUT2D eigenvalue weighted by Crippen LogP contribution is 2.25. The van der Waals surface area contributed by atoms with Crippen molar-refractivity contribution in [1.82, 2.24) is 10.2 Å². The fourth-order valence-electron chi connectivity index (χ4n) is 1.80. The van der Waals surface area contributed by atoms with Gasteiger partial charge in [0.05, 0.1) is 0 Å². The molecule has 0 atom stereocenters. The molecule has 0 aliphatic heterocycles. The third kappa shape index (κ3) is 4.83. The fourth-order valence-corrected chi connectivity index (χ4v) is 1.80. The van der Waals surface area contributed by atoms with Gasteiger partial charge in [0.15, 0.2) is 0 Å². The number of ether oxygens (including phenoxy) is 1. The topological polar surface area (TPSA) is 85.5 Å². The lowest BCUT2D eigenvalue weighted by Gasteiger charge is -2.09. The Kier molecular flexibility index (Phi) is 6.35. The van der Waals surface area contributed by atoms with Crippen molar-refractivity contribution in [1.29, 1.82) is 0 Å². The van der Waals surface area contributed by atoms with E-state index in [1.54, 1.807) is 0 Å². The van der Waals surface area contributed by atoms with Gasteiger partial charge in [-0.25, -0.2) is 4.79 Å². The van der Waals surface area contributed by atoms with Crippen molar-refractivity contribution in [3.63, 3.8) is 0 Å². The molecular formula is C12H20N2O4. The second kappa shape index (κ2) is 7.81. The molecule has 18 heavy (non-hydrogen) atoms. The minimum atomic E-state index is -1.01. The maximum atomic E-state index is 10.3. The number of carbonyl (C=O) groups is 1. The maximum Gasteiger partial charge on any atom is 0.329 e. The van der Waals surface area contributed by atoms with E-state index in [1.807, 2.05) is 0 Å². The molecular weight excluding hydrogens is 236 g/mol. The smallest absolute Gasteiger partial charge is 0.329 e. The number of rotatable bonds is 9. The van der Waals surface area contributed by atoms with Crippen LogP contribution in [0.2, 0.25) is 0 Å². The van der Waals surface area contributed by atoms with Crippen molar-refractivity contribution >= 4 is 5.97 Å². The summed E-state index contributed by atoms with van der Waals surface area (Å²) in [5, 5.41) is 16.3. The molecule has 0 bridgehead atoms. The molecule has 0 saturated carbocycles. The van der Waals surface area contributed by atoms with Gasteiger partial charge in [-0.2, -0.15) is 0 Å². The highest BCUT2D eigenvalue weighted by Gasteiger charge is 2.17. The zero-order valence-corrected chi connectivity index (χ0v) is 10.9. The van der Waals surface area contributed by atoms with Crippen LogP contribution in [0.25, 0.3) is 0 Å². The minimum absolute atomic E-state index is 0.0459. The molecule has 6 heteroatoms. The monoisotopic (exact) mass is 256 g/mol. The lowest BCUT2D eigenvalue weighted by Crippen LogP contribution is -2.06. The van der Waals surface area contributed by atoms with Crippen LogP contribution in [-0.2, 0) is 16.1 Å². The Labute approximate surface area is 106 Å². The zero-order chi connectivity index (χ0) is 13.4. The number of carboxylic acid groups (broad SMARTS) is 1. The summed E-state index contributed by atoms with van der Waals surface area (Å²) < 4.78 is 10.4. The second-order valence-electron chi connectivity index (χ2n) is 4.19. The Bertz CT molecular complexity index is 359. The molecule has 1 heterocycles. The van der Waals surface area contributed by atoms with E-state index >= 15 is 0 Å². The van der Waals surface area contributed by atoms with Crippen LogP contribution in [0.1, 0.15) is 57.2 Å². The molecule has 0 amide bonds. The van der Waals surface area contributed by atoms with Gasteiger partial charge in [-0.05, 0) is 12.8 Å². The van der Waals surface area contributed by atoms with E-state index in [9.17, 15) is 4.79 Å². The fraction of sp³-hybridized carbons (Fsp3) is 0.750. The molecule has 1 N–H and O–H groups in total. The number of aromatic nitrogens is 2. The highest BCUT2D eigenvalue weighted by molar-refractivity contribution is 5.67. The molecule has 0 saturated heterocycles. The van der Waals surface area contributed by atoms with Crippen LogP contribution in [0, 0.1) is 0 Å². The van der Waals surface area contributed by atoms with Gasteiger partial charge in [-0.1, -0.05) is 26.7 Å². The van der Waals surface area contributed by atoms with Crippen molar-refractivity contribution in [2.45, 2.75) is 52.1 Å². The van der Waals surface area contributed by atoms with Crippen LogP contribution in [0.5, 0.6) is 0 Å². The standard InChI is InChI=1S/C12H20N2O4/c1-3-5-9(6-4-2)12-14-13-10(18-12)7-17-8-11(15)16/h9H,3-8H2,1-2H3,(H,15,16). The Balaban J connectivity index is 2.51. The maximum absolute atomic E-state index is 10.3. The third-order valence-electron chi connectivity index (χ3n) is 2.56.